The number of halogens is 1. The van der Waals surface area contributed by atoms with Gasteiger partial charge in [0.1, 0.15) is 18.3 Å². The summed E-state index contributed by atoms with van der Waals surface area (Å²) in [5, 5.41) is 29.7. The first-order valence-corrected chi connectivity index (χ1v) is 10.9. The molecule has 0 aliphatic carbocycles. The highest BCUT2D eigenvalue weighted by Crippen LogP contribution is 2.25. The van der Waals surface area contributed by atoms with Crippen LogP contribution in [0.15, 0.2) is 29.2 Å². The van der Waals surface area contributed by atoms with E-state index < -0.39 is 40.6 Å². The molecule has 1 aromatic rings. The molecular formula is C16H23IO7S. The van der Waals surface area contributed by atoms with Gasteiger partial charge in [-0.1, -0.05) is 40.3 Å². The van der Waals surface area contributed by atoms with Crippen LogP contribution in [-0.2, 0) is 19.0 Å². The lowest BCUT2D eigenvalue weighted by atomic mass is 9.93. The van der Waals surface area contributed by atoms with Crippen molar-refractivity contribution in [3.8, 4) is 0 Å². The maximum absolute atomic E-state index is 12.1. The normalized spacial score (nSPS) is 30.4. The Morgan fingerprint density at radius 1 is 1.08 bits per heavy atom. The summed E-state index contributed by atoms with van der Waals surface area (Å²) in [6, 6.07) is 6.36. The zero-order chi connectivity index (χ0) is 18.6. The molecule has 7 nitrogen and oxygen atoms in total. The van der Waals surface area contributed by atoms with Crippen molar-refractivity contribution in [3.63, 3.8) is 0 Å². The van der Waals surface area contributed by atoms with Crippen molar-refractivity contribution in [2.24, 2.45) is 0 Å². The highest BCUT2D eigenvalue weighted by Gasteiger charge is 2.42. The summed E-state index contributed by atoms with van der Waals surface area (Å²) in [6.45, 7) is 1.80. The van der Waals surface area contributed by atoms with E-state index in [1.165, 1.54) is 12.1 Å². The monoisotopic (exact) mass is 486 g/mol. The van der Waals surface area contributed by atoms with Crippen LogP contribution in [-0.4, -0.2) is 65.3 Å². The average molecular weight is 486 g/mol. The van der Waals surface area contributed by atoms with Gasteiger partial charge < -0.3 is 20.1 Å². The molecule has 0 bridgehead atoms. The van der Waals surface area contributed by atoms with Crippen molar-refractivity contribution < 1.29 is 32.7 Å². The zero-order valence-electron chi connectivity index (χ0n) is 13.8. The van der Waals surface area contributed by atoms with Crippen LogP contribution in [0.4, 0.5) is 0 Å². The van der Waals surface area contributed by atoms with Gasteiger partial charge in [-0.15, -0.1) is 0 Å². The Morgan fingerprint density at radius 3 is 2.28 bits per heavy atom. The fourth-order valence-corrected chi connectivity index (χ4v) is 4.29. The minimum Gasteiger partial charge on any atom is -0.388 e. The van der Waals surface area contributed by atoms with Crippen LogP contribution in [0, 0.1) is 6.92 Å². The molecule has 1 aromatic carbocycles. The summed E-state index contributed by atoms with van der Waals surface area (Å²) in [4.78, 5) is 0.0931. The minimum absolute atomic E-state index is 0.0592. The van der Waals surface area contributed by atoms with E-state index in [4.69, 9.17) is 8.92 Å². The van der Waals surface area contributed by atoms with E-state index in [9.17, 15) is 23.7 Å². The Kier molecular flexibility index (Phi) is 7.62. The highest BCUT2D eigenvalue weighted by atomic mass is 127. The molecule has 9 heteroatoms. The van der Waals surface area contributed by atoms with Gasteiger partial charge in [-0.2, -0.15) is 8.42 Å². The summed E-state index contributed by atoms with van der Waals surface area (Å²) in [7, 11) is -3.82. The SMILES string of the molecule is Cc1ccc(S(=O)(=O)OCCC[C@@H]2O[C@H](CI)[C@@H](O)[C@H](O)[C@H]2O)cc1. The van der Waals surface area contributed by atoms with E-state index in [0.29, 0.717) is 17.3 Å². The summed E-state index contributed by atoms with van der Waals surface area (Å²) in [5.41, 5.74) is 0.952. The molecule has 1 heterocycles. The quantitative estimate of drug-likeness (QED) is 0.226. The van der Waals surface area contributed by atoms with Gasteiger partial charge in [0.2, 0.25) is 0 Å². The van der Waals surface area contributed by atoms with Gasteiger partial charge in [0.15, 0.2) is 0 Å². The van der Waals surface area contributed by atoms with Crippen LogP contribution >= 0.6 is 22.6 Å². The molecule has 5 atom stereocenters. The van der Waals surface area contributed by atoms with Gasteiger partial charge in [0.25, 0.3) is 10.1 Å². The number of hydrogen-bond donors (Lipinski definition) is 3. The molecule has 142 valence electrons. The third-order valence-electron chi connectivity index (χ3n) is 4.14. The largest absolute Gasteiger partial charge is 0.388 e. The Bertz CT molecular complexity index is 647. The molecule has 0 spiro atoms. The first-order chi connectivity index (χ1) is 11.8. The fraction of sp³-hybridized carbons (Fsp3) is 0.625. The molecule has 3 N–H and O–H groups in total. The predicted molar refractivity (Wildman–Crippen MR) is 99.1 cm³/mol. The summed E-state index contributed by atoms with van der Waals surface area (Å²) < 4.78 is 35.2. The van der Waals surface area contributed by atoms with Gasteiger partial charge in [-0.05, 0) is 31.9 Å². The molecule has 1 saturated heterocycles. The van der Waals surface area contributed by atoms with Crippen molar-refractivity contribution in [2.75, 3.05) is 11.0 Å². The van der Waals surface area contributed by atoms with Crippen LogP contribution in [0.25, 0.3) is 0 Å². The third-order valence-corrected chi connectivity index (χ3v) is 6.34. The standard InChI is InChI=1S/C16H23IO7S/c1-10-4-6-11(7-5-10)25(21,22)23-8-2-3-12-14(18)16(20)15(19)13(9-17)24-12/h4-7,12-16,18-20H,2-3,8-9H2,1H3/t12-,13+,14-,15+,16+/m0/s1. The second kappa shape index (κ2) is 9.07. The minimum atomic E-state index is -3.82. The first kappa shape index (κ1) is 21.0. The van der Waals surface area contributed by atoms with Crippen molar-refractivity contribution in [3.05, 3.63) is 29.8 Å². The van der Waals surface area contributed by atoms with Gasteiger partial charge in [-0.3, -0.25) is 4.18 Å². The van der Waals surface area contributed by atoms with Crippen molar-refractivity contribution in [1.82, 2.24) is 0 Å². The Labute approximate surface area is 161 Å². The number of hydrogen-bond acceptors (Lipinski definition) is 7. The van der Waals surface area contributed by atoms with Crippen LogP contribution < -0.4 is 0 Å². The topological polar surface area (TPSA) is 113 Å². The number of benzene rings is 1. The predicted octanol–water partition coefficient (Wildman–Crippen LogP) is 0.766. The van der Waals surface area contributed by atoms with Gasteiger partial charge in [0.05, 0.1) is 23.7 Å². The average Bonchev–Trinajstić information content (AvgIpc) is 2.58. The molecule has 1 aliphatic heterocycles. The maximum atomic E-state index is 12.1. The Balaban J connectivity index is 1.85. The van der Waals surface area contributed by atoms with Gasteiger partial charge >= 0.3 is 0 Å². The van der Waals surface area contributed by atoms with Crippen LogP contribution in [0.1, 0.15) is 18.4 Å². The molecule has 1 aliphatic rings. The smallest absolute Gasteiger partial charge is 0.296 e. The molecule has 1 fully saturated rings. The van der Waals surface area contributed by atoms with E-state index in [1.54, 1.807) is 12.1 Å². The van der Waals surface area contributed by atoms with Crippen molar-refractivity contribution >= 4 is 32.7 Å². The summed E-state index contributed by atoms with van der Waals surface area (Å²) >= 11 is 2.03. The number of ether oxygens (including phenoxy) is 1. The van der Waals surface area contributed by atoms with Gasteiger partial charge in [-0.25, -0.2) is 0 Å². The number of aliphatic hydroxyl groups excluding tert-OH is 3. The number of alkyl halides is 1. The molecule has 0 amide bonds. The maximum Gasteiger partial charge on any atom is 0.296 e. The molecule has 0 aromatic heterocycles. The lowest BCUT2D eigenvalue weighted by Gasteiger charge is -2.40. The molecule has 25 heavy (non-hydrogen) atoms. The lowest BCUT2D eigenvalue weighted by molar-refractivity contribution is -0.216. The number of aliphatic hydroxyl groups is 3. The molecule has 0 unspecified atom stereocenters. The van der Waals surface area contributed by atoms with E-state index in [2.05, 4.69) is 0 Å². The Hall–Kier alpha value is -0.300. The third kappa shape index (κ3) is 5.34. The van der Waals surface area contributed by atoms with Crippen molar-refractivity contribution in [1.29, 1.82) is 0 Å². The second-order valence-corrected chi connectivity index (χ2v) is 8.57. The lowest BCUT2D eigenvalue weighted by Crippen LogP contribution is -2.57. The number of aryl methyl sites for hydroxylation is 1. The van der Waals surface area contributed by atoms with E-state index in [-0.39, 0.29) is 11.5 Å². The van der Waals surface area contributed by atoms with E-state index >= 15 is 0 Å². The Morgan fingerprint density at radius 2 is 1.68 bits per heavy atom. The van der Waals surface area contributed by atoms with Crippen LogP contribution in [0.3, 0.4) is 0 Å². The summed E-state index contributed by atoms with van der Waals surface area (Å²) in [6.07, 6.45) is -4.25. The van der Waals surface area contributed by atoms with E-state index in [1.807, 2.05) is 29.5 Å². The van der Waals surface area contributed by atoms with Crippen LogP contribution in [0.2, 0.25) is 0 Å². The zero-order valence-corrected chi connectivity index (χ0v) is 16.8. The van der Waals surface area contributed by atoms with Crippen LogP contribution in [0.5, 0.6) is 0 Å². The molecule has 0 radical (unpaired) electrons. The van der Waals surface area contributed by atoms with Crippen molar-refractivity contribution in [2.45, 2.75) is 55.2 Å². The van der Waals surface area contributed by atoms with Gasteiger partial charge in [0, 0.05) is 4.43 Å². The molecule has 0 saturated carbocycles. The molecule has 2 rings (SSSR count). The fourth-order valence-electron chi connectivity index (χ4n) is 2.62. The molecular weight excluding hydrogens is 463 g/mol. The summed E-state index contributed by atoms with van der Waals surface area (Å²) in [5.74, 6) is 0. The first-order valence-electron chi connectivity index (χ1n) is 7.98. The number of rotatable bonds is 7. The van der Waals surface area contributed by atoms with E-state index in [0.717, 1.165) is 5.56 Å². The highest BCUT2D eigenvalue weighted by molar-refractivity contribution is 14.1. The second-order valence-electron chi connectivity index (χ2n) is 6.07.